The van der Waals surface area contributed by atoms with Gasteiger partial charge in [-0.15, -0.1) is 0 Å². The molecule has 4 nitrogen and oxygen atoms in total. The molecule has 1 atom stereocenters. The van der Waals surface area contributed by atoms with Gasteiger partial charge in [0, 0.05) is 13.0 Å². The summed E-state index contributed by atoms with van der Waals surface area (Å²) in [7, 11) is 0. The molecule has 0 saturated heterocycles. The Kier molecular flexibility index (Phi) is 19.2. The SMILES string of the molecule is CCCCCCCCCCCCCCCCCCOC(CCO)OC(=O)c1ccccc1. The van der Waals surface area contributed by atoms with E-state index in [-0.39, 0.29) is 6.61 Å². The van der Waals surface area contributed by atoms with Gasteiger partial charge >= 0.3 is 5.97 Å². The summed E-state index contributed by atoms with van der Waals surface area (Å²) in [5, 5.41) is 9.19. The highest BCUT2D eigenvalue weighted by molar-refractivity contribution is 5.89. The predicted molar refractivity (Wildman–Crippen MR) is 133 cm³/mol. The van der Waals surface area contributed by atoms with E-state index in [0.717, 1.165) is 12.8 Å². The molecule has 1 aromatic rings. The maximum absolute atomic E-state index is 12.1. The number of unbranched alkanes of at least 4 members (excludes halogenated alkanes) is 15. The van der Waals surface area contributed by atoms with Crippen molar-refractivity contribution in [3.05, 3.63) is 35.9 Å². The number of carbonyl (C=O) groups excluding carboxylic acids is 1. The van der Waals surface area contributed by atoms with Crippen molar-refractivity contribution in [3.63, 3.8) is 0 Å². The van der Waals surface area contributed by atoms with Crippen LogP contribution in [-0.2, 0) is 9.47 Å². The van der Waals surface area contributed by atoms with Crippen molar-refractivity contribution in [2.45, 2.75) is 122 Å². The third-order valence-corrected chi connectivity index (χ3v) is 5.91. The molecule has 1 rings (SSSR count). The molecule has 0 amide bonds. The van der Waals surface area contributed by atoms with E-state index in [2.05, 4.69) is 6.92 Å². The van der Waals surface area contributed by atoms with Crippen LogP contribution in [0, 0.1) is 0 Å². The first-order valence-corrected chi connectivity index (χ1v) is 13.3. The zero-order valence-corrected chi connectivity index (χ0v) is 20.6. The number of hydrogen-bond donors (Lipinski definition) is 1. The Morgan fingerprint density at radius 2 is 1.22 bits per heavy atom. The zero-order valence-electron chi connectivity index (χ0n) is 20.6. The van der Waals surface area contributed by atoms with E-state index in [4.69, 9.17) is 9.47 Å². The average Bonchev–Trinajstić information content (AvgIpc) is 2.81. The second-order valence-electron chi connectivity index (χ2n) is 8.89. The Morgan fingerprint density at radius 1 is 0.750 bits per heavy atom. The van der Waals surface area contributed by atoms with Gasteiger partial charge < -0.3 is 14.6 Å². The average molecular weight is 449 g/mol. The molecule has 4 heteroatoms. The number of aliphatic hydroxyl groups is 1. The first-order chi connectivity index (χ1) is 15.8. The highest BCUT2D eigenvalue weighted by Crippen LogP contribution is 2.14. The Labute approximate surface area is 197 Å². The fraction of sp³-hybridized carbons (Fsp3) is 0.750. The summed E-state index contributed by atoms with van der Waals surface area (Å²) in [5.74, 6) is -0.406. The molecule has 0 fully saturated rings. The van der Waals surface area contributed by atoms with E-state index in [1.807, 2.05) is 6.07 Å². The summed E-state index contributed by atoms with van der Waals surface area (Å²) in [4.78, 5) is 12.1. The molecule has 1 unspecified atom stereocenters. The van der Waals surface area contributed by atoms with Crippen molar-refractivity contribution in [1.82, 2.24) is 0 Å². The van der Waals surface area contributed by atoms with E-state index in [0.29, 0.717) is 18.6 Å². The molecule has 0 bridgehead atoms. The molecule has 1 aromatic carbocycles. The van der Waals surface area contributed by atoms with E-state index in [1.165, 1.54) is 89.9 Å². The Morgan fingerprint density at radius 3 is 1.69 bits per heavy atom. The highest BCUT2D eigenvalue weighted by Gasteiger charge is 2.15. The number of hydrogen-bond acceptors (Lipinski definition) is 4. The molecule has 0 aliphatic carbocycles. The fourth-order valence-corrected chi connectivity index (χ4v) is 3.91. The van der Waals surface area contributed by atoms with Crippen molar-refractivity contribution in [2.75, 3.05) is 13.2 Å². The van der Waals surface area contributed by atoms with Gasteiger partial charge in [0.25, 0.3) is 0 Å². The zero-order chi connectivity index (χ0) is 23.1. The van der Waals surface area contributed by atoms with Gasteiger partial charge in [-0.05, 0) is 18.6 Å². The number of carbonyl (C=O) groups is 1. The quantitative estimate of drug-likeness (QED) is 0.112. The summed E-state index contributed by atoms with van der Waals surface area (Å²) in [6.07, 6.45) is 21.0. The van der Waals surface area contributed by atoms with Crippen molar-refractivity contribution < 1.29 is 19.4 Å². The monoisotopic (exact) mass is 448 g/mol. The first-order valence-electron chi connectivity index (χ1n) is 13.3. The van der Waals surface area contributed by atoms with Gasteiger partial charge in [-0.3, -0.25) is 0 Å². The van der Waals surface area contributed by atoms with Gasteiger partial charge in [0.1, 0.15) is 0 Å². The number of aliphatic hydroxyl groups excluding tert-OH is 1. The molecule has 32 heavy (non-hydrogen) atoms. The van der Waals surface area contributed by atoms with Crippen LogP contribution in [0.5, 0.6) is 0 Å². The van der Waals surface area contributed by atoms with E-state index in [1.54, 1.807) is 24.3 Å². The lowest BCUT2D eigenvalue weighted by atomic mass is 10.0. The van der Waals surface area contributed by atoms with Gasteiger partial charge in [0.2, 0.25) is 6.29 Å². The molecule has 0 spiro atoms. The number of benzene rings is 1. The topological polar surface area (TPSA) is 55.8 Å². The van der Waals surface area contributed by atoms with Crippen molar-refractivity contribution in [1.29, 1.82) is 0 Å². The van der Waals surface area contributed by atoms with Crippen molar-refractivity contribution in [2.24, 2.45) is 0 Å². The highest BCUT2D eigenvalue weighted by atomic mass is 16.7. The molecular weight excluding hydrogens is 400 g/mol. The lowest BCUT2D eigenvalue weighted by Gasteiger charge is -2.17. The summed E-state index contributed by atoms with van der Waals surface area (Å²) in [6, 6.07) is 8.89. The molecule has 184 valence electrons. The van der Waals surface area contributed by atoms with Crippen molar-refractivity contribution in [3.8, 4) is 0 Å². The number of esters is 1. The van der Waals surface area contributed by atoms with Crippen LogP contribution >= 0.6 is 0 Å². The minimum absolute atomic E-state index is 0.0638. The smallest absolute Gasteiger partial charge is 0.340 e. The van der Waals surface area contributed by atoms with Crippen LogP contribution in [0.15, 0.2) is 30.3 Å². The summed E-state index contributed by atoms with van der Waals surface area (Å²) >= 11 is 0. The number of rotatable bonds is 22. The van der Waals surface area contributed by atoms with Crippen LogP contribution in [0.1, 0.15) is 126 Å². The molecule has 0 aliphatic heterocycles. The molecule has 0 saturated carbocycles. The molecular formula is C28H48O4. The van der Waals surface area contributed by atoms with Crippen LogP contribution in [0.3, 0.4) is 0 Å². The van der Waals surface area contributed by atoms with Crippen LogP contribution in [0.4, 0.5) is 0 Å². The van der Waals surface area contributed by atoms with Gasteiger partial charge in [-0.1, -0.05) is 121 Å². The Balaban J connectivity index is 1.91. The van der Waals surface area contributed by atoms with Crippen LogP contribution in [-0.4, -0.2) is 30.6 Å². The van der Waals surface area contributed by atoms with E-state index in [9.17, 15) is 9.90 Å². The van der Waals surface area contributed by atoms with Gasteiger partial charge in [0.15, 0.2) is 0 Å². The molecule has 0 radical (unpaired) electrons. The van der Waals surface area contributed by atoms with Gasteiger partial charge in [-0.25, -0.2) is 4.79 Å². The third-order valence-electron chi connectivity index (χ3n) is 5.91. The lowest BCUT2D eigenvalue weighted by molar-refractivity contribution is -0.119. The minimum atomic E-state index is -0.677. The van der Waals surface area contributed by atoms with Crippen molar-refractivity contribution >= 4 is 5.97 Å². The minimum Gasteiger partial charge on any atom is -0.432 e. The Hall–Kier alpha value is -1.39. The van der Waals surface area contributed by atoms with Crippen LogP contribution < -0.4 is 0 Å². The second-order valence-corrected chi connectivity index (χ2v) is 8.89. The lowest BCUT2D eigenvalue weighted by Crippen LogP contribution is -2.23. The normalized spacial score (nSPS) is 12.1. The summed E-state index contributed by atoms with van der Waals surface area (Å²) < 4.78 is 11.1. The largest absolute Gasteiger partial charge is 0.432 e. The standard InChI is InChI=1S/C28H48O4/c1-2-3-4-5-6-7-8-9-10-11-12-13-14-15-16-20-25-31-27(23-24-29)32-28(30)26-21-18-17-19-22-26/h17-19,21-22,27,29H,2-16,20,23-25H2,1H3. The maximum Gasteiger partial charge on any atom is 0.340 e. The van der Waals surface area contributed by atoms with Gasteiger partial charge in [-0.2, -0.15) is 0 Å². The maximum atomic E-state index is 12.1. The van der Waals surface area contributed by atoms with E-state index >= 15 is 0 Å². The fourth-order valence-electron chi connectivity index (χ4n) is 3.91. The first kappa shape index (κ1) is 28.6. The van der Waals surface area contributed by atoms with Crippen LogP contribution in [0.25, 0.3) is 0 Å². The molecule has 0 aromatic heterocycles. The molecule has 0 aliphatic rings. The predicted octanol–water partition coefficient (Wildman–Crippen LogP) is 7.83. The second kappa shape index (κ2) is 21.5. The third kappa shape index (κ3) is 16.3. The molecule has 1 N–H and O–H groups in total. The number of ether oxygens (including phenoxy) is 2. The van der Waals surface area contributed by atoms with Gasteiger partial charge in [0.05, 0.1) is 12.2 Å². The molecule has 0 heterocycles. The Bertz CT molecular complexity index is 531. The summed E-state index contributed by atoms with van der Waals surface area (Å²) in [6.45, 7) is 2.77. The van der Waals surface area contributed by atoms with Crippen LogP contribution in [0.2, 0.25) is 0 Å². The summed E-state index contributed by atoms with van der Waals surface area (Å²) in [5.41, 5.74) is 0.501. The van der Waals surface area contributed by atoms with E-state index < -0.39 is 12.3 Å².